The summed E-state index contributed by atoms with van der Waals surface area (Å²) in [4.78, 5) is 20.5. The summed E-state index contributed by atoms with van der Waals surface area (Å²) < 4.78 is 5.36. The zero-order valence-electron chi connectivity index (χ0n) is 14.0. The van der Waals surface area contributed by atoms with Gasteiger partial charge in [0.1, 0.15) is 12.9 Å². The van der Waals surface area contributed by atoms with Gasteiger partial charge in [0.15, 0.2) is 0 Å². The molecule has 0 spiro atoms. The second-order valence-electron chi connectivity index (χ2n) is 5.94. The van der Waals surface area contributed by atoms with Crippen LogP contribution in [-0.4, -0.2) is 15.9 Å². The first kappa shape index (κ1) is 16.0. The molecule has 1 heterocycles. The van der Waals surface area contributed by atoms with Crippen LogP contribution in [0, 0.1) is 0 Å². The summed E-state index contributed by atoms with van der Waals surface area (Å²) in [6.07, 6.45) is 3.33. The molecule has 0 saturated heterocycles. The highest BCUT2D eigenvalue weighted by molar-refractivity contribution is 5.90. The van der Waals surface area contributed by atoms with Crippen molar-refractivity contribution in [3.63, 3.8) is 0 Å². The van der Waals surface area contributed by atoms with Crippen LogP contribution in [0.4, 0.5) is 0 Å². The predicted octanol–water partition coefficient (Wildman–Crippen LogP) is 4.65. The molecule has 0 unspecified atom stereocenters. The monoisotopic (exact) mass is 340 g/mol. The molecule has 4 nitrogen and oxygen atoms in total. The molecular weight excluding hydrogens is 324 g/mol. The standard InChI is InChI=1S/C22H16N2O2/c25-22(26-14-16-4-2-1-3-5-16)18-8-6-17(7-9-18)19-10-11-21-20(12-19)13-23-15-24-21/h1-13,15H,14H2. The summed E-state index contributed by atoms with van der Waals surface area (Å²) in [7, 11) is 0. The molecule has 4 heteroatoms. The zero-order valence-corrected chi connectivity index (χ0v) is 14.0. The number of benzene rings is 3. The third-order valence-corrected chi connectivity index (χ3v) is 4.17. The van der Waals surface area contributed by atoms with E-state index in [1.807, 2.05) is 60.7 Å². The number of hydrogen-bond acceptors (Lipinski definition) is 4. The number of nitrogens with zero attached hydrogens (tertiary/aromatic N) is 2. The Labute approximate surface area is 151 Å². The lowest BCUT2D eigenvalue weighted by Crippen LogP contribution is -2.05. The summed E-state index contributed by atoms with van der Waals surface area (Å²) in [5, 5.41) is 0.983. The van der Waals surface area contributed by atoms with Gasteiger partial charge in [0.2, 0.25) is 0 Å². The van der Waals surface area contributed by atoms with E-state index >= 15 is 0 Å². The van der Waals surface area contributed by atoms with Gasteiger partial charge in [-0.15, -0.1) is 0 Å². The second-order valence-corrected chi connectivity index (χ2v) is 5.94. The van der Waals surface area contributed by atoms with E-state index in [-0.39, 0.29) is 12.6 Å². The van der Waals surface area contributed by atoms with Crippen LogP contribution in [0.2, 0.25) is 0 Å². The topological polar surface area (TPSA) is 52.1 Å². The van der Waals surface area contributed by atoms with Crippen LogP contribution in [0.15, 0.2) is 85.3 Å². The van der Waals surface area contributed by atoms with Crippen molar-refractivity contribution in [3.05, 3.63) is 96.4 Å². The quantitative estimate of drug-likeness (QED) is 0.507. The van der Waals surface area contributed by atoms with E-state index in [2.05, 4.69) is 9.97 Å². The van der Waals surface area contributed by atoms with E-state index in [0.717, 1.165) is 27.6 Å². The first-order valence-corrected chi connectivity index (χ1v) is 8.31. The average molecular weight is 340 g/mol. The molecule has 0 fully saturated rings. The molecule has 3 aromatic carbocycles. The molecule has 4 aromatic rings. The van der Waals surface area contributed by atoms with Gasteiger partial charge in [-0.2, -0.15) is 0 Å². The van der Waals surface area contributed by atoms with Crippen LogP contribution in [0.25, 0.3) is 22.0 Å². The molecule has 0 aliphatic rings. The lowest BCUT2D eigenvalue weighted by molar-refractivity contribution is 0.0473. The Morgan fingerprint density at radius 1 is 0.885 bits per heavy atom. The Balaban J connectivity index is 1.49. The van der Waals surface area contributed by atoms with Crippen LogP contribution >= 0.6 is 0 Å². The van der Waals surface area contributed by atoms with Crippen molar-refractivity contribution in [2.75, 3.05) is 0 Å². The highest BCUT2D eigenvalue weighted by Gasteiger charge is 2.08. The molecule has 0 amide bonds. The Morgan fingerprint density at radius 3 is 2.46 bits per heavy atom. The maximum atomic E-state index is 12.2. The van der Waals surface area contributed by atoms with Crippen LogP contribution in [0.3, 0.4) is 0 Å². The normalized spacial score (nSPS) is 10.6. The van der Waals surface area contributed by atoms with Gasteiger partial charge in [-0.05, 0) is 41.0 Å². The molecule has 0 aliphatic carbocycles. The fraction of sp³-hybridized carbons (Fsp3) is 0.0455. The van der Waals surface area contributed by atoms with Crippen molar-refractivity contribution >= 4 is 16.9 Å². The highest BCUT2D eigenvalue weighted by Crippen LogP contribution is 2.23. The number of rotatable bonds is 4. The fourth-order valence-corrected chi connectivity index (χ4v) is 2.77. The molecule has 0 radical (unpaired) electrons. The summed E-state index contributed by atoms with van der Waals surface area (Å²) in [6, 6.07) is 23.1. The molecule has 0 aliphatic heterocycles. The SMILES string of the molecule is O=C(OCc1ccccc1)c1ccc(-c2ccc3ncncc3c2)cc1. The summed E-state index contributed by atoms with van der Waals surface area (Å²) >= 11 is 0. The number of carbonyl (C=O) groups is 1. The Hall–Kier alpha value is -3.53. The average Bonchev–Trinajstić information content (AvgIpc) is 2.72. The Bertz CT molecular complexity index is 1040. The van der Waals surface area contributed by atoms with Crippen molar-refractivity contribution in [2.24, 2.45) is 0 Å². The van der Waals surface area contributed by atoms with Crippen molar-refractivity contribution in [1.29, 1.82) is 0 Å². The van der Waals surface area contributed by atoms with Gasteiger partial charge in [0, 0.05) is 11.6 Å². The van der Waals surface area contributed by atoms with Crippen LogP contribution in [0.1, 0.15) is 15.9 Å². The molecule has 4 rings (SSSR count). The first-order chi connectivity index (χ1) is 12.8. The highest BCUT2D eigenvalue weighted by atomic mass is 16.5. The minimum absolute atomic E-state index is 0.270. The number of ether oxygens (including phenoxy) is 1. The smallest absolute Gasteiger partial charge is 0.338 e. The Kier molecular flexibility index (Phi) is 4.39. The van der Waals surface area contributed by atoms with Gasteiger partial charge in [-0.3, -0.25) is 0 Å². The van der Waals surface area contributed by atoms with Gasteiger partial charge < -0.3 is 4.74 Å². The number of fused-ring (bicyclic) bond motifs is 1. The van der Waals surface area contributed by atoms with Crippen LogP contribution in [-0.2, 0) is 11.3 Å². The molecular formula is C22H16N2O2. The second kappa shape index (κ2) is 7.15. The fourth-order valence-electron chi connectivity index (χ4n) is 2.77. The van der Waals surface area contributed by atoms with Gasteiger partial charge in [-0.25, -0.2) is 14.8 Å². The third kappa shape index (κ3) is 3.44. The molecule has 126 valence electrons. The summed E-state index contributed by atoms with van der Waals surface area (Å²) in [6.45, 7) is 0.270. The van der Waals surface area contributed by atoms with Gasteiger partial charge in [0.25, 0.3) is 0 Å². The molecule has 26 heavy (non-hydrogen) atoms. The predicted molar refractivity (Wildman–Crippen MR) is 101 cm³/mol. The molecule has 0 bridgehead atoms. The number of hydrogen-bond donors (Lipinski definition) is 0. The van der Waals surface area contributed by atoms with E-state index in [1.165, 1.54) is 6.33 Å². The van der Waals surface area contributed by atoms with Crippen molar-refractivity contribution < 1.29 is 9.53 Å². The third-order valence-electron chi connectivity index (χ3n) is 4.17. The Morgan fingerprint density at radius 2 is 1.65 bits per heavy atom. The van der Waals surface area contributed by atoms with Crippen molar-refractivity contribution in [2.45, 2.75) is 6.61 Å². The molecule has 0 saturated carbocycles. The van der Waals surface area contributed by atoms with E-state index in [9.17, 15) is 4.79 Å². The van der Waals surface area contributed by atoms with Crippen LogP contribution < -0.4 is 0 Å². The minimum atomic E-state index is -0.327. The molecule has 1 aromatic heterocycles. The minimum Gasteiger partial charge on any atom is -0.457 e. The maximum absolute atomic E-state index is 12.2. The van der Waals surface area contributed by atoms with Crippen molar-refractivity contribution in [1.82, 2.24) is 9.97 Å². The number of carbonyl (C=O) groups excluding carboxylic acids is 1. The summed E-state index contributed by atoms with van der Waals surface area (Å²) in [5.41, 5.74) is 4.49. The number of esters is 1. The lowest BCUT2D eigenvalue weighted by atomic mass is 10.0. The zero-order chi connectivity index (χ0) is 17.8. The molecule has 0 atom stereocenters. The first-order valence-electron chi connectivity index (χ1n) is 8.31. The van der Waals surface area contributed by atoms with E-state index < -0.39 is 0 Å². The summed E-state index contributed by atoms with van der Waals surface area (Å²) in [5.74, 6) is -0.327. The van der Waals surface area contributed by atoms with Gasteiger partial charge in [0.05, 0.1) is 11.1 Å². The van der Waals surface area contributed by atoms with Gasteiger partial charge >= 0.3 is 5.97 Å². The van der Waals surface area contributed by atoms with Gasteiger partial charge in [-0.1, -0.05) is 48.5 Å². The maximum Gasteiger partial charge on any atom is 0.338 e. The van der Waals surface area contributed by atoms with E-state index in [4.69, 9.17) is 4.74 Å². The van der Waals surface area contributed by atoms with E-state index in [1.54, 1.807) is 18.3 Å². The largest absolute Gasteiger partial charge is 0.457 e. The van der Waals surface area contributed by atoms with Crippen LogP contribution in [0.5, 0.6) is 0 Å². The van der Waals surface area contributed by atoms with Crippen molar-refractivity contribution in [3.8, 4) is 11.1 Å². The molecule has 0 N–H and O–H groups in total. The number of aromatic nitrogens is 2. The van der Waals surface area contributed by atoms with E-state index in [0.29, 0.717) is 5.56 Å². The lowest BCUT2D eigenvalue weighted by Gasteiger charge is -2.07.